The van der Waals surface area contributed by atoms with Crippen molar-refractivity contribution in [1.82, 2.24) is 14.4 Å². The van der Waals surface area contributed by atoms with Crippen molar-refractivity contribution >= 4 is 5.65 Å². The number of alkyl halides is 5. The summed E-state index contributed by atoms with van der Waals surface area (Å²) in [7, 11) is 0. The molecule has 0 N–H and O–H groups in total. The van der Waals surface area contributed by atoms with Gasteiger partial charge in [0.15, 0.2) is 5.69 Å². The molecule has 0 saturated heterocycles. The lowest BCUT2D eigenvalue weighted by molar-refractivity contribution is -0.143. The van der Waals surface area contributed by atoms with E-state index in [0.29, 0.717) is 4.40 Å². The van der Waals surface area contributed by atoms with Crippen LogP contribution in [-0.2, 0) is 11.6 Å². The Kier molecular flexibility index (Phi) is 3.22. The highest BCUT2D eigenvalue weighted by atomic mass is 19.4. The Bertz CT molecular complexity index is 637. The monoisotopic (exact) mass is 293 g/mol. The van der Waals surface area contributed by atoms with Gasteiger partial charge in [0.25, 0.3) is 6.43 Å². The van der Waals surface area contributed by atoms with Crippen molar-refractivity contribution in [2.75, 3.05) is 0 Å². The summed E-state index contributed by atoms with van der Waals surface area (Å²) >= 11 is 0. The molecule has 0 atom stereocenters. The standard InChI is InChI=1S/C12H12F5N3/c1-11(2,3)8-9(12(15,16)17)20-5-18-6(10(13)14)4-7(20)19-8/h4-5,10H,1-3H3. The van der Waals surface area contributed by atoms with E-state index in [1.165, 1.54) is 0 Å². The summed E-state index contributed by atoms with van der Waals surface area (Å²) in [5.41, 5.74) is -2.84. The summed E-state index contributed by atoms with van der Waals surface area (Å²) < 4.78 is 65.3. The van der Waals surface area contributed by atoms with Crippen LogP contribution in [0.25, 0.3) is 5.65 Å². The van der Waals surface area contributed by atoms with Gasteiger partial charge in [-0.25, -0.2) is 18.7 Å². The zero-order valence-electron chi connectivity index (χ0n) is 11.0. The number of imidazole rings is 1. The van der Waals surface area contributed by atoms with Gasteiger partial charge in [-0.1, -0.05) is 20.8 Å². The SMILES string of the molecule is CC(C)(C)c1nc2cc(C(F)F)ncn2c1C(F)(F)F. The largest absolute Gasteiger partial charge is 0.433 e. The molecule has 0 saturated carbocycles. The van der Waals surface area contributed by atoms with Crippen LogP contribution in [0.1, 0.15) is 44.3 Å². The molecule has 20 heavy (non-hydrogen) atoms. The Morgan fingerprint density at radius 1 is 1.15 bits per heavy atom. The zero-order chi connectivity index (χ0) is 15.3. The van der Waals surface area contributed by atoms with Gasteiger partial charge in [-0.2, -0.15) is 13.2 Å². The van der Waals surface area contributed by atoms with Crippen LogP contribution in [0, 0.1) is 0 Å². The van der Waals surface area contributed by atoms with E-state index in [1.807, 2.05) is 0 Å². The van der Waals surface area contributed by atoms with Crippen LogP contribution in [0.5, 0.6) is 0 Å². The van der Waals surface area contributed by atoms with Crippen molar-refractivity contribution in [2.24, 2.45) is 0 Å². The van der Waals surface area contributed by atoms with E-state index in [2.05, 4.69) is 9.97 Å². The molecule has 0 aliphatic carbocycles. The molecule has 2 rings (SSSR count). The molecule has 0 aliphatic rings. The number of aromatic nitrogens is 3. The predicted molar refractivity (Wildman–Crippen MR) is 61.6 cm³/mol. The minimum absolute atomic E-state index is 0.187. The zero-order valence-corrected chi connectivity index (χ0v) is 11.0. The predicted octanol–water partition coefficient (Wildman–Crippen LogP) is 3.98. The average Bonchev–Trinajstić information content (AvgIpc) is 2.65. The van der Waals surface area contributed by atoms with Gasteiger partial charge in [-0.15, -0.1) is 0 Å². The summed E-state index contributed by atoms with van der Waals surface area (Å²) in [6.07, 6.45) is -6.76. The molecule has 0 spiro atoms. The van der Waals surface area contributed by atoms with Gasteiger partial charge in [0.1, 0.15) is 17.7 Å². The molecule has 2 aromatic heterocycles. The van der Waals surface area contributed by atoms with E-state index < -0.39 is 29.4 Å². The van der Waals surface area contributed by atoms with Crippen molar-refractivity contribution in [1.29, 1.82) is 0 Å². The summed E-state index contributed by atoms with van der Waals surface area (Å²) in [6, 6.07) is 0.870. The van der Waals surface area contributed by atoms with E-state index in [4.69, 9.17) is 0 Å². The number of hydrogen-bond acceptors (Lipinski definition) is 2. The minimum Gasteiger partial charge on any atom is -0.279 e. The van der Waals surface area contributed by atoms with Crippen LogP contribution in [-0.4, -0.2) is 14.4 Å². The molecule has 110 valence electrons. The third-order valence-corrected chi connectivity index (χ3v) is 2.74. The van der Waals surface area contributed by atoms with Crippen molar-refractivity contribution in [3.8, 4) is 0 Å². The summed E-state index contributed by atoms with van der Waals surface area (Å²) in [5.74, 6) is 0. The first kappa shape index (κ1) is 14.7. The highest BCUT2D eigenvalue weighted by Gasteiger charge is 2.41. The molecular weight excluding hydrogens is 281 g/mol. The van der Waals surface area contributed by atoms with Crippen LogP contribution >= 0.6 is 0 Å². The second-order valence-electron chi connectivity index (χ2n) is 5.40. The van der Waals surface area contributed by atoms with E-state index >= 15 is 0 Å². The molecule has 0 aliphatic heterocycles. The van der Waals surface area contributed by atoms with Gasteiger partial charge >= 0.3 is 6.18 Å². The van der Waals surface area contributed by atoms with E-state index in [-0.39, 0.29) is 11.3 Å². The third-order valence-electron chi connectivity index (χ3n) is 2.74. The maximum Gasteiger partial charge on any atom is 0.433 e. The second kappa shape index (κ2) is 4.39. The molecule has 0 amide bonds. The molecular formula is C12H12F5N3. The highest BCUT2D eigenvalue weighted by Crippen LogP contribution is 2.37. The minimum atomic E-state index is -4.64. The van der Waals surface area contributed by atoms with Crippen molar-refractivity contribution in [3.05, 3.63) is 29.5 Å². The quantitative estimate of drug-likeness (QED) is 0.744. The second-order valence-corrected chi connectivity index (χ2v) is 5.40. The third kappa shape index (κ3) is 2.46. The van der Waals surface area contributed by atoms with Crippen LogP contribution in [0.15, 0.2) is 12.4 Å². The Morgan fingerprint density at radius 2 is 1.75 bits per heavy atom. The van der Waals surface area contributed by atoms with Crippen LogP contribution < -0.4 is 0 Å². The van der Waals surface area contributed by atoms with E-state index in [1.54, 1.807) is 20.8 Å². The Balaban J connectivity index is 2.79. The van der Waals surface area contributed by atoms with Gasteiger partial charge in [-0.3, -0.25) is 4.40 Å². The smallest absolute Gasteiger partial charge is 0.279 e. The number of halogens is 5. The van der Waals surface area contributed by atoms with E-state index in [0.717, 1.165) is 12.4 Å². The fourth-order valence-electron chi connectivity index (χ4n) is 1.88. The van der Waals surface area contributed by atoms with Crippen LogP contribution in [0.4, 0.5) is 22.0 Å². The fraction of sp³-hybridized carbons (Fsp3) is 0.500. The lowest BCUT2D eigenvalue weighted by Gasteiger charge is -2.19. The van der Waals surface area contributed by atoms with Crippen molar-refractivity contribution < 1.29 is 22.0 Å². The van der Waals surface area contributed by atoms with Gasteiger partial charge in [-0.05, 0) is 0 Å². The molecule has 0 fully saturated rings. The van der Waals surface area contributed by atoms with Gasteiger partial charge in [0.05, 0.1) is 5.69 Å². The number of fused-ring (bicyclic) bond motifs is 1. The Labute approximate surface area is 111 Å². The first-order chi connectivity index (χ1) is 9.01. The molecule has 0 unspecified atom stereocenters. The molecule has 2 aromatic rings. The summed E-state index contributed by atoms with van der Waals surface area (Å²) in [5, 5.41) is 0. The number of hydrogen-bond donors (Lipinski definition) is 0. The topological polar surface area (TPSA) is 30.2 Å². The average molecular weight is 293 g/mol. The molecule has 0 aromatic carbocycles. The number of nitrogens with zero attached hydrogens (tertiary/aromatic N) is 3. The molecule has 0 radical (unpaired) electrons. The van der Waals surface area contributed by atoms with Crippen molar-refractivity contribution in [2.45, 2.75) is 38.8 Å². The van der Waals surface area contributed by atoms with Gasteiger partial charge in [0.2, 0.25) is 0 Å². The number of rotatable bonds is 1. The highest BCUT2D eigenvalue weighted by molar-refractivity contribution is 5.46. The lowest BCUT2D eigenvalue weighted by Crippen LogP contribution is -2.20. The maximum absolute atomic E-state index is 13.2. The van der Waals surface area contributed by atoms with Gasteiger partial charge < -0.3 is 0 Å². The molecule has 8 heteroatoms. The summed E-state index contributed by atoms with van der Waals surface area (Å²) in [4.78, 5) is 7.21. The Morgan fingerprint density at radius 3 is 2.20 bits per heavy atom. The maximum atomic E-state index is 13.2. The Hall–Kier alpha value is -1.73. The van der Waals surface area contributed by atoms with Crippen LogP contribution in [0.2, 0.25) is 0 Å². The first-order valence-electron chi connectivity index (χ1n) is 5.75. The fourth-order valence-corrected chi connectivity index (χ4v) is 1.88. The molecule has 3 nitrogen and oxygen atoms in total. The first-order valence-corrected chi connectivity index (χ1v) is 5.75. The van der Waals surface area contributed by atoms with E-state index in [9.17, 15) is 22.0 Å². The summed E-state index contributed by atoms with van der Waals surface area (Å²) in [6.45, 7) is 4.72. The van der Waals surface area contributed by atoms with Gasteiger partial charge in [0, 0.05) is 11.5 Å². The van der Waals surface area contributed by atoms with Crippen molar-refractivity contribution in [3.63, 3.8) is 0 Å². The molecule has 2 heterocycles. The normalized spacial score (nSPS) is 13.4. The van der Waals surface area contributed by atoms with Crippen LogP contribution in [0.3, 0.4) is 0 Å². The molecule has 0 bridgehead atoms. The lowest BCUT2D eigenvalue weighted by atomic mass is 9.90.